The molecule has 0 spiro atoms. The molecule has 2 N–H and O–H groups in total. The van der Waals surface area contributed by atoms with Crippen molar-refractivity contribution in [3.63, 3.8) is 0 Å². The first-order valence-corrected chi connectivity index (χ1v) is 7.68. The van der Waals surface area contributed by atoms with Gasteiger partial charge in [0.1, 0.15) is 5.82 Å². The number of hydrogen-bond acceptors (Lipinski definition) is 2. The number of carbonyl (C=O) groups is 2. The standard InChI is InChI=1S/C19H20FNO3/c1-12-4-3-5-13(2)16(12)10-18(22)21-11-17(19(23)24)14-6-8-15(20)9-7-14/h3-9,17H,10-11H2,1-2H3,(H,21,22)(H,23,24). The molecule has 24 heavy (non-hydrogen) atoms. The Kier molecular flexibility index (Phi) is 5.68. The Morgan fingerprint density at radius 2 is 1.67 bits per heavy atom. The largest absolute Gasteiger partial charge is 0.481 e. The van der Waals surface area contributed by atoms with E-state index < -0.39 is 17.7 Å². The first-order valence-electron chi connectivity index (χ1n) is 7.68. The number of benzene rings is 2. The fraction of sp³-hybridized carbons (Fsp3) is 0.263. The summed E-state index contributed by atoms with van der Waals surface area (Å²) in [7, 11) is 0. The van der Waals surface area contributed by atoms with Crippen LogP contribution in [0, 0.1) is 19.7 Å². The lowest BCUT2D eigenvalue weighted by molar-refractivity contribution is -0.138. The zero-order valence-electron chi connectivity index (χ0n) is 13.7. The van der Waals surface area contributed by atoms with Crippen LogP contribution >= 0.6 is 0 Å². The normalized spacial score (nSPS) is 11.8. The van der Waals surface area contributed by atoms with Crippen molar-refractivity contribution in [1.29, 1.82) is 0 Å². The minimum absolute atomic E-state index is 0.0370. The van der Waals surface area contributed by atoms with Crippen LogP contribution in [-0.2, 0) is 16.0 Å². The summed E-state index contributed by atoms with van der Waals surface area (Å²) < 4.78 is 13.0. The molecule has 0 saturated heterocycles. The van der Waals surface area contributed by atoms with Crippen molar-refractivity contribution in [1.82, 2.24) is 5.32 Å². The van der Waals surface area contributed by atoms with Crippen molar-refractivity contribution < 1.29 is 19.1 Å². The second-order valence-electron chi connectivity index (χ2n) is 5.79. The van der Waals surface area contributed by atoms with E-state index in [2.05, 4.69) is 5.32 Å². The molecular weight excluding hydrogens is 309 g/mol. The smallest absolute Gasteiger partial charge is 0.312 e. The van der Waals surface area contributed by atoms with Crippen molar-refractivity contribution in [2.45, 2.75) is 26.2 Å². The van der Waals surface area contributed by atoms with Gasteiger partial charge in [0.05, 0.1) is 12.3 Å². The molecule has 2 rings (SSSR count). The van der Waals surface area contributed by atoms with Crippen LogP contribution in [0.25, 0.3) is 0 Å². The van der Waals surface area contributed by atoms with Gasteiger partial charge in [0.2, 0.25) is 5.91 Å². The molecule has 0 fully saturated rings. The monoisotopic (exact) mass is 329 g/mol. The molecule has 0 heterocycles. The number of carboxylic acids is 1. The summed E-state index contributed by atoms with van der Waals surface area (Å²) in [5.41, 5.74) is 3.46. The number of aryl methyl sites for hydroxylation is 2. The average Bonchev–Trinajstić information content (AvgIpc) is 2.52. The molecule has 2 aromatic carbocycles. The maximum Gasteiger partial charge on any atom is 0.312 e. The van der Waals surface area contributed by atoms with Gasteiger partial charge >= 0.3 is 5.97 Å². The lowest BCUT2D eigenvalue weighted by Gasteiger charge is -2.15. The lowest BCUT2D eigenvalue weighted by atomic mass is 9.98. The maximum absolute atomic E-state index is 13.0. The van der Waals surface area contributed by atoms with E-state index in [9.17, 15) is 19.1 Å². The third kappa shape index (κ3) is 4.41. The third-order valence-electron chi connectivity index (χ3n) is 4.06. The van der Waals surface area contributed by atoms with Gasteiger partial charge < -0.3 is 10.4 Å². The number of rotatable bonds is 6. The molecule has 0 aliphatic carbocycles. The second-order valence-corrected chi connectivity index (χ2v) is 5.79. The Labute approximate surface area is 140 Å². The van der Waals surface area contributed by atoms with Crippen LogP contribution in [0.15, 0.2) is 42.5 Å². The first kappa shape index (κ1) is 17.7. The zero-order chi connectivity index (χ0) is 17.7. The van der Waals surface area contributed by atoms with E-state index in [1.165, 1.54) is 24.3 Å². The van der Waals surface area contributed by atoms with Crippen molar-refractivity contribution in [2.24, 2.45) is 0 Å². The van der Waals surface area contributed by atoms with E-state index in [1.807, 2.05) is 32.0 Å². The van der Waals surface area contributed by atoms with Crippen molar-refractivity contribution >= 4 is 11.9 Å². The number of carboxylic acid groups (broad SMARTS) is 1. The summed E-state index contributed by atoms with van der Waals surface area (Å²) >= 11 is 0. The number of halogens is 1. The molecule has 0 saturated carbocycles. The minimum atomic E-state index is -1.06. The van der Waals surface area contributed by atoms with Gasteiger partial charge in [-0.05, 0) is 48.2 Å². The Morgan fingerprint density at radius 1 is 1.08 bits per heavy atom. The summed E-state index contributed by atoms with van der Waals surface area (Å²) in [5, 5.41) is 12.0. The summed E-state index contributed by atoms with van der Waals surface area (Å²) in [6.07, 6.45) is 0.203. The molecule has 2 aromatic rings. The highest BCUT2D eigenvalue weighted by molar-refractivity contribution is 5.81. The summed E-state index contributed by atoms with van der Waals surface area (Å²) in [4.78, 5) is 23.6. The van der Waals surface area contributed by atoms with Crippen molar-refractivity contribution in [3.05, 3.63) is 70.5 Å². The molecule has 126 valence electrons. The quantitative estimate of drug-likeness (QED) is 0.856. The average molecular weight is 329 g/mol. The number of aliphatic carboxylic acids is 1. The molecular formula is C19H20FNO3. The molecule has 0 radical (unpaired) electrons. The Morgan fingerprint density at radius 3 is 2.21 bits per heavy atom. The molecule has 4 nitrogen and oxygen atoms in total. The molecule has 0 aliphatic rings. The number of carbonyl (C=O) groups excluding carboxylic acids is 1. The zero-order valence-corrected chi connectivity index (χ0v) is 13.7. The first-order chi connectivity index (χ1) is 11.4. The van der Waals surface area contributed by atoms with Gasteiger partial charge in [-0.1, -0.05) is 30.3 Å². The topological polar surface area (TPSA) is 66.4 Å². The highest BCUT2D eigenvalue weighted by atomic mass is 19.1. The predicted octanol–water partition coefficient (Wildman–Crippen LogP) is 2.97. The fourth-order valence-corrected chi connectivity index (χ4v) is 2.61. The van der Waals surface area contributed by atoms with Crippen LogP contribution in [0.1, 0.15) is 28.2 Å². The van der Waals surface area contributed by atoms with Crippen molar-refractivity contribution in [3.8, 4) is 0 Å². The SMILES string of the molecule is Cc1cccc(C)c1CC(=O)NCC(C(=O)O)c1ccc(F)cc1. The molecule has 0 aromatic heterocycles. The molecule has 1 amide bonds. The second kappa shape index (κ2) is 7.73. The van der Waals surface area contributed by atoms with Crippen molar-refractivity contribution in [2.75, 3.05) is 6.54 Å². The fourth-order valence-electron chi connectivity index (χ4n) is 2.61. The van der Waals surface area contributed by atoms with E-state index in [-0.39, 0.29) is 18.9 Å². The van der Waals surface area contributed by atoms with Crippen LogP contribution < -0.4 is 5.32 Å². The van der Waals surface area contributed by atoms with Gasteiger partial charge in [-0.15, -0.1) is 0 Å². The van der Waals surface area contributed by atoms with Gasteiger partial charge in [-0.25, -0.2) is 4.39 Å². The molecule has 5 heteroatoms. The van der Waals surface area contributed by atoms with E-state index >= 15 is 0 Å². The molecule has 1 atom stereocenters. The van der Waals surface area contributed by atoms with E-state index in [0.717, 1.165) is 16.7 Å². The van der Waals surface area contributed by atoms with E-state index in [1.54, 1.807) is 0 Å². The van der Waals surface area contributed by atoms with Gasteiger partial charge in [0.25, 0.3) is 0 Å². The highest BCUT2D eigenvalue weighted by Crippen LogP contribution is 2.17. The van der Waals surface area contributed by atoms with Crippen LogP contribution in [0.4, 0.5) is 4.39 Å². The van der Waals surface area contributed by atoms with E-state index in [0.29, 0.717) is 5.56 Å². The van der Waals surface area contributed by atoms with E-state index in [4.69, 9.17) is 0 Å². The van der Waals surface area contributed by atoms with Gasteiger partial charge in [0.15, 0.2) is 0 Å². The highest BCUT2D eigenvalue weighted by Gasteiger charge is 2.21. The maximum atomic E-state index is 13.0. The van der Waals surface area contributed by atoms with Gasteiger partial charge in [-0.3, -0.25) is 9.59 Å². The minimum Gasteiger partial charge on any atom is -0.481 e. The summed E-state index contributed by atoms with van der Waals surface area (Å²) in [6, 6.07) is 11.1. The van der Waals surface area contributed by atoms with Crippen LogP contribution in [-0.4, -0.2) is 23.5 Å². The molecule has 0 bridgehead atoms. The summed E-state index contributed by atoms with van der Waals surface area (Å²) in [6.45, 7) is 3.84. The Bertz CT molecular complexity index is 721. The van der Waals surface area contributed by atoms with Gasteiger partial charge in [-0.2, -0.15) is 0 Å². The Hall–Kier alpha value is -2.69. The number of hydrogen-bond donors (Lipinski definition) is 2. The lowest BCUT2D eigenvalue weighted by Crippen LogP contribution is -2.33. The predicted molar refractivity (Wildman–Crippen MR) is 89.4 cm³/mol. The summed E-state index contributed by atoms with van der Waals surface area (Å²) in [5.74, 6) is -2.63. The third-order valence-corrected chi connectivity index (χ3v) is 4.06. The van der Waals surface area contributed by atoms with Crippen LogP contribution in [0.5, 0.6) is 0 Å². The van der Waals surface area contributed by atoms with Gasteiger partial charge in [0, 0.05) is 6.54 Å². The van der Waals surface area contributed by atoms with Crippen LogP contribution in [0.2, 0.25) is 0 Å². The van der Waals surface area contributed by atoms with Crippen LogP contribution in [0.3, 0.4) is 0 Å². The molecule has 1 unspecified atom stereocenters. The number of amides is 1. The number of nitrogens with one attached hydrogen (secondary N) is 1. The molecule has 0 aliphatic heterocycles. The Balaban J connectivity index is 2.03.